The van der Waals surface area contributed by atoms with Gasteiger partial charge in [-0.05, 0) is 37.0 Å². The SMILES string of the molecule is NC1(Cc2ccc(N3CC(=O)NCC3=O)cc2)CC1. The average molecular weight is 259 g/mol. The van der Waals surface area contributed by atoms with E-state index in [-0.39, 0.29) is 30.4 Å². The fourth-order valence-corrected chi connectivity index (χ4v) is 2.33. The zero-order valence-corrected chi connectivity index (χ0v) is 10.7. The van der Waals surface area contributed by atoms with Crippen molar-refractivity contribution in [2.75, 3.05) is 18.0 Å². The molecule has 0 bridgehead atoms. The van der Waals surface area contributed by atoms with Gasteiger partial charge in [-0.3, -0.25) is 9.59 Å². The molecule has 1 aliphatic carbocycles. The summed E-state index contributed by atoms with van der Waals surface area (Å²) in [5.74, 6) is -0.201. The van der Waals surface area contributed by atoms with Crippen LogP contribution in [0.15, 0.2) is 24.3 Å². The minimum Gasteiger partial charge on any atom is -0.345 e. The lowest BCUT2D eigenvalue weighted by molar-refractivity contribution is -0.128. The van der Waals surface area contributed by atoms with Gasteiger partial charge in [0.2, 0.25) is 11.8 Å². The molecule has 2 aliphatic rings. The van der Waals surface area contributed by atoms with Crippen LogP contribution in [-0.4, -0.2) is 30.4 Å². The molecule has 1 saturated carbocycles. The Hall–Kier alpha value is -1.88. The van der Waals surface area contributed by atoms with Gasteiger partial charge in [0.15, 0.2) is 0 Å². The lowest BCUT2D eigenvalue weighted by atomic mass is 10.0. The topological polar surface area (TPSA) is 75.4 Å². The number of nitrogens with two attached hydrogens (primary N) is 1. The van der Waals surface area contributed by atoms with Gasteiger partial charge in [-0.1, -0.05) is 12.1 Å². The molecule has 1 saturated heterocycles. The first-order chi connectivity index (χ1) is 9.06. The molecule has 0 radical (unpaired) electrons. The molecule has 1 heterocycles. The highest BCUT2D eigenvalue weighted by Crippen LogP contribution is 2.35. The van der Waals surface area contributed by atoms with Crippen molar-refractivity contribution in [1.29, 1.82) is 0 Å². The zero-order valence-electron chi connectivity index (χ0n) is 10.7. The third kappa shape index (κ3) is 2.61. The summed E-state index contributed by atoms with van der Waals surface area (Å²) in [4.78, 5) is 24.6. The summed E-state index contributed by atoms with van der Waals surface area (Å²) in [6.07, 6.45) is 3.04. The monoisotopic (exact) mass is 259 g/mol. The Kier molecular flexibility index (Phi) is 2.78. The smallest absolute Gasteiger partial charge is 0.246 e. The summed E-state index contributed by atoms with van der Waals surface area (Å²) >= 11 is 0. The number of carbonyl (C=O) groups is 2. The largest absolute Gasteiger partial charge is 0.345 e. The third-order valence-electron chi connectivity index (χ3n) is 3.74. The van der Waals surface area contributed by atoms with Crippen molar-refractivity contribution in [3.05, 3.63) is 29.8 Å². The van der Waals surface area contributed by atoms with Gasteiger partial charge in [-0.15, -0.1) is 0 Å². The predicted molar refractivity (Wildman–Crippen MR) is 71.7 cm³/mol. The van der Waals surface area contributed by atoms with E-state index in [9.17, 15) is 9.59 Å². The molecule has 0 aromatic heterocycles. The van der Waals surface area contributed by atoms with Crippen molar-refractivity contribution in [1.82, 2.24) is 5.32 Å². The quantitative estimate of drug-likeness (QED) is 0.813. The van der Waals surface area contributed by atoms with E-state index in [0.717, 1.165) is 24.9 Å². The predicted octanol–water partition coefficient (Wildman–Crippen LogP) is 0.183. The first kappa shape index (κ1) is 12.2. The van der Waals surface area contributed by atoms with Gasteiger partial charge >= 0.3 is 0 Å². The molecule has 1 aromatic carbocycles. The number of piperazine rings is 1. The van der Waals surface area contributed by atoms with Crippen molar-refractivity contribution in [3.63, 3.8) is 0 Å². The van der Waals surface area contributed by atoms with Crippen LogP contribution in [0.3, 0.4) is 0 Å². The van der Waals surface area contributed by atoms with Crippen LogP contribution < -0.4 is 16.0 Å². The summed E-state index contributed by atoms with van der Waals surface area (Å²) in [6.45, 7) is 0.172. The first-order valence-electron chi connectivity index (χ1n) is 6.51. The standard InChI is InChI=1S/C14H17N3O2/c15-14(5-6-14)7-10-1-3-11(4-2-10)17-9-12(18)16-8-13(17)19/h1-4H,5-9,15H2,(H,16,18). The molecule has 3 N–H and O–H groups in total. The minimum atomic E-state index is -0.123. The second-order valence-corrected chi connectivity index (χ2v) is 5.46. The van der Waals surface area contributed by atoms with Crippen LogP contribution in [0.1, 0.15) is 18.4 Å². The van der Waals surface area contributed by atoms with Gasteiger partial charge in [-0.25, -0.2) is 0 Å². The van der Waals surface area contributed by atoms with Crippen LogP contribution in [-0.2, 0) is 16.0 Å². The highest BCUT2D eigenvalue weighted by molar-refractivity contribution is 6.04. The number of hydrogen-bond acceptors (Lipinski definition) is 3. The Labute approximate surface area is 111 Å². The van der Waals surface area contributed by atoms with Crippen molar-refractivity contribution >= 4 is 17.5 Å². The van der Waals surface area contributed by atoms with Crippen LogP contribution in [0.2, 0.25) is 0 Å². The molecule has 0 atom stereocenters. The first-order valence-corrected chi connectivity index (χ1v) is 6.51. The fourth-order valence-electron chi connectivity index (χ4n) is 2.33. The molecular formula is C14H17N3O2. The Balaban J connectivity index is 1.74. The van der Waals surface area contributed by atoms with E-state index in [4.69, 9.17) is 5.73 Å². The van der Waals surface area contributed by atoms with Crippen LogP contribution >= 0.6 is 0 Å². The molecule has 5 nitrogen and oxygen atoms in total. The Morgan fingerprint density at radius 3 is 2.53 bits per heavy atom. The number of benzene rings is 1. The second kappa shape index (κ2) is 4.35. The van der Waals surface area contributed by atoms with Gasteiger partial charge in [0, 0.05) is 11.2 Å². The van der Waals surface area contributed by atoms with Crippen molar-refractivity contribution in [2.45, 2.75) is 24.8 Å². The summed E-state index contributed by atoms with van der Waals surface area (Å²) in [6, 6.07) is 7.75. The van der Waals surface area contributed by atoms with Gasteiger partial charge in [0.25, 0.3) is 0 Å². The highest BCUT2D eigenvalue weighted by Gasteiger charge is 2.37. The van der Waals surface area contributed by atoms with Crippen molar-refractivity contribution < 1.29 is 9.59 Å². The van der Waals surface area contributed by atoms with Crippen LogP contribution in [0.25, 0.3) is 0 Å². The number of nitrogens with one attached hydrogen (secondary N) is 1. The molecule has 5 heteroatoms. The van der Waals surface area contributed by atoms with E-state index in [1.807, 2.05) is 24.3 Å². The highest BCUT2D eigenvalue weighted by atomic mass is 16.2. The summed E-state index contributed by atoms with van der Waals surface area (Å²) in [5.41, 5.74) is 8.02. The summed E-state index contributed by atoms with van der Waals surface area (Å²) in [7, 11) is 0. The molecule has 1 aliphatic heterocycles. The van der Waals surface area contributed by atoms with Gasteiger partial charge < -0.3 is 16.0 Å². The van der Waals surface area contributed by atoms with Gasteiger partial charge in [0.1, 0.15) is 6.54 Å². The van der Waals surface area contributed by atoms with E-state index in [1.54, 1.807) is 0 Å². The molecule has 100 valence electrons. The van der Waals surface area contributed by atoms with E-state index in [2.05, 4.69) is 5.32 Å². The van der Waals surface area contributed by atoms with Crippen molar-refractivity contribution in [2.24, 2.45) is 5.73 Å². The van der Waals surface area contributed by atoms with Gasteiger partial charge in [-0.2, -0.15) is 0 Å². The van der Waals surface area contributed by atoms with Crippen molar-refractivity contribution in [3.8, 4) is 0 Å². The molecule has 3 rings (SSSR count). The van der Waals surface area contributed by atoms with Crippen LogP contribution in [0.5, 0.6) is 0 Å². The van der Waals surface area contributed by atoms with E-state index >= 15 is 0 Å². The lowest BCUT2D eigenvalue weighted by Gasteiger charge is -2.26. The van der Waals surface area contributed by atoms with E-state index in [1.165, 1.54) is 10.5 Å². The number of carbonyl (C=O) groups excluding carboxylic acids is 2. The molecule has 1 aromatic rings. The maximum absolute atomic E-state index is 11.8. The fraction of sp³-hybridized carbons (Fsp3) is 0.429. The molecular weight excluding hydrogens is 242 g/mol. The second-order valence-electron chi connectivity index (χ2n) is 5.46. The van der Waals surface area contributed by atoms with E-state index in [0.29, 0.717) is 0 Å². The maximum atomic E-state index is 11.8. The van der Waals surface area contributed by atoms with Crippen LogP contribution in [0, 0.1) is 0 Å². The molecule has 19 heavy (non-hydrogen) atoms. The molecule has 2 amide bonds. The average Bonchev–Trinajstić information content (AvgIpc) is 3.11. The summed E-state index contributed by atoms with van der Waals surface area (Å²) in [5, 5.41) is 2.54. The van der Waals surface area contributed by atoms with Crippen LogP contribution in [0.4, 0.5) is 5.69 Å². The number of nitrogens with zero attached hydrogens (tertiary/aromatic N) is 1. The van der Waals surface area contributed by atoms with E-state index < -0.39 is 0 Å². The van der Waals surface area contributed by atoms with Gasteiger partial charge in [0.05, 0.1) is 6.54 Å². The maximum Gasteiger partial charge on any atom is 0.246 e. The Morgan fingerprint density at radius 2 is 1.89 bits per heavy atom. The normalized spacial score (nSPS) is 21.2. The lowest BCUT2D eigenvalue weighted by Crippen LogP contribution is -2.51. The zero-order chi connectivity index (χ0) is 13.5. The molecule has 0 spiro atoms. The molecule has 0 unspecified atom stereocenters. The number of anilines is 1. The number of rotatable bonds is 3. The third-order valence-corrected chi connectivity index (χ3v) is 3.74. The minimum absolute atomic E-state index is 0.0116. The number of hydrogen-bond donors (Lipinski definition) is 2. The Morgan fingerprint density at radius 1 is 1.21 bits per heavy atom. The summed E-state index contributed by atoms with van der Waals surface area (Å²) < 4.78 is 0. The number of amides is 2. The molecule has 2 fully saturated rings. The Bertz CT molecular complexity index is 520.